The van der Waals surface area contributed by atoms with Gasteiger partial charge in [0.15, 0.2) is 0 Å². The zero-order valence-electron chi connectivity index (χ0n) is 10.2. The van der Waals surface area contributed by atoms with Crippen molar-refractivity contribution in [2.45, 2.75) is 20.4 Å². The van der Waals surface area contributed by atoms with Gasteiger partial charge in [-0.1, -0.05) is 0 Å². The first kappa shape index (κ1) is 11.4. The fourth-order valence-electron chi connectivity index (χ4n) is 1.73. The van der Waals surface area contributed by atoms with Crippen LogP contribution in [0.5, 0.6) is 0 Å². The van der Waals surface area contributed by atoms with E-state index in [0.717, 1.165) is 11.6 Å². The number of aryl methyl sites for hydroxylation is 2. The van der Waals surface area contributed by atoms with E-state index in [9.17, 15) is 4.79 Å². The number of hydrogen-bond donors (Lipinski definition) is 1. The van der Waals surface area contributed by atoms with Crippen LogP contribution in [-0.4, -0.2) is 27.8 Å². The van der Waals surface area contributed by atoms with Crippen LogP contribution in [-0.2, 0) is 6.54 Å². The van der Waals surface area contributed by atoms with Gasteiger partial charge in [-0.2, -0.15) is 0 Å². The van der Waals surface area contributed by atoms with E-state index in [0.29, 0.717) is 17.9 Å². The van der Waals surface area contributed by atoms with Gasteiger partial charge in [0.1, 0.15) is 17.3 Å². The second-order valence-electron chi connectivity index (χ2n) is 4.02. The van der Waals surface area contributed by atoms with E-state index in [4.69, 9.17) is 4.42 Å². The topological polar surface area (TPSA) is 62.1 Å². The molecule has 2 heterocycles. The molecule has 1 amide bonds. The van der Waals surface area contributed by atoms with Gasteiger partial charge < -0.3 is 14.3 Å². The average molecular weight is 233 g/mol. The molecule has 0 aliphatic carbocycles. The van der Waals surface area contributed by atoms with E-state index >= 15 is 0 Å². The normalized spacial score (nSPS) is 10.5. The number of amides is 1. The first-order valence-corrected chi connectivity index (χ1v) is 5.38. The molecule has 0 unspecified atom stereocenters. The fourth-order valence-corrected chi connectivity index (χ4v) is 1.73. The van der Waals surface area contributed by atoms with Crippen LogP contribution < -0.4 is 0 Å². The van der Waals surface area contributed by atoms with Gasteiger partial charge in [0.05, 0.1) is 12.1 Å². The molecule has 2 aromatic heterocycles. The second-order valence-corrected chi connectivity index (χ2v) is 4.02. The highest BCUT2D eigenvalue weighted by atomic mass is 16.3. The fraction of sp³-hybridized carbons (Fsp3) is 0.333. The molecule has 0 bridgehead atoms. The van der Waals surface area contributed by atoms with Gasteiger partial charge in [0.25, 0.3) is 5.91 Å². The van der Waals surface area contributed by atoms with Crippen LogP contribution in [0.15, 0.2) is 22.9 Å². The Kier molecular flexibility index (Phi) is 2.99. The van der Waals surface area contributed by atoms with Crippen LogP contribution in [0.4, 0.5) is 0 Å². The van der Waals surface area contributed by atoms with E-state index in [2.05, 4.69) is 9.97 Å². The molecule has 0 aromatic carbocycles. The van der Waals surface area contributed by atoms with E-state index < -0.39 is 0 Å². The summed E-state index contributed by atoms with van der Waals surface area (Å²) in [5.41, 5.74) is 0.608. The van der Waals surface area contributed by atoms with Gasteiger partial charge in [-0.15, -0.1) is 0 Å². The average Bonchev–Trinajstić information content (AvgIpc) is 2.87. The third-order valence-electron chi connectivity index (χ3n) is 2.56. The Labute approximate surface area is 99.5 Å². The predicted octanol–water partition coefficient (Wildman–Crippen LogP) is 1.89. The minimum absolute atomic E-state index is 0.0595. The van der Waals surface area contributed by atoms with Gasteiger partial charge in [0, 0.05) is 19.4 Å². The van der Waals surface area contributed by atoms with Gasteiger partial charge >= 0.3 is 0 Å². The van der Waals surface area contributed by atoms with Crippen LogP contribution in [0.2, 0.25) is 0 Å². The summed E-state index contributed by atoms with van der Waals surface area (Å²) >= 11 is 0. The van der Waals surface area contributed by atoms with Crippen molar-refractivity contribution in [1.29, 1.82) is 0 Å². The number of hydrogen-bond acceptors (Lipinski definition) is 3. The van der Waals surface area contributed by atoms with Gasteiger partial charge in [-0.3, -0.25) is 4.79 Å². The third kappa shape index (κ3) is 2.38. The van der Waals surface area contributed by atoms with Gasteiger partial charge in [-0.25, -0.2) is 4.98 Å². The van der Waals surface area contributed by atoms with E-state index in [-0.39, 0.29) is 5.91 Å². The molecule has 5 heteroatoms. The van der Waals surface area contributed by atoms with Crippen LogP contribution in [0, 0.1) is 13.8 Å². The maximum atomic E-state index is 12.1. The van der Waals surface area contributed by atoms with Crippen LogP contribution >= 0.6 is 0 Å². The Balaban J connectivity index is 2.12. The summed E-state index contributed by atoms with van der Waals surface area (Å²) in [5.74, 6) is 2.10. The molecule has 0 atom stereocenters. The molecule has 2 rings (SSSR count). The Morgan fingerprint density at radius 3 is 2.82 bits per heavy atom. The maximum absolute atomic E-state index is 12.1. The SMILES string of the molecule is Cc1cc(C(=O)N(C)Cc2ncc[nH]2)c(C)o1. The molecule has 1 N–H and O–H groups in total. The summed E-state index contributed by atoms with van der Waals surface area (Å²) in [6.07, 6.45) is 3.40. The summed E-state index contributed by atoms with van der Waals surface area (Å²) in [6, 6.07) is 1.76. The Morgan fingerprint density at radius 2 is 2.29 bits per heavy atom. The summed E-state index contributed by atoms with van der Waals surface area (Å²) in [4.78, 5) is 20.8. The number of furan rings is 1. The zero-order chi connectivity index (χ0) is 12.4. The molecular formula is C12H15N3O2. The van der Waals surface area contributed by atoms with Crippen molar-refractivity contribution in [1.82, 2.24) is 14.9 Å². The van der Waals surface area contributed by atoms with Crippen molar-refractivity contribution in [3.63, 3.8) is 0 Å². The molecule has 17 heavy (non-hydrogen) atoms. The van der Waals surface area contributed by atoms with Crippen molar-refractivity contribution in [2.75, 3.05) is 7.05 Å². The lowest BCUT2D eigenvalue weighted by Gasteiger charge is -2.14. The smallest absolute Gasteiger partial charge is 0.257 e. The second kappa shape index (κ2) is 4.45. The number of nitrogens with zero attached hydrogens (tertiary/aromatic N) is 2. The first-order chi connectivity index (χ1) is 8.08. The number of imidazole rings is 1. The van der Waals surface area contributed by atoms with Crippen molar-refractivity contribution >= 4 is 5.91 Å². The highest BCUT2D eigenvalue weighted by Gasteiger charge is 2.18. The quantitative estimate of drug-likeness (QED) is 0.880. The number of aromatic nitrogens is 2. The molecule has 0 aliphatic heterocycles. The summed E-state index contributed by atoms with van der Waals surface area (Å²) in [6.45, 7) is 4.08. The Morgan fingerprint density at radius 1 is 1.53 bits per heavy atom. The summed E-state index contributed by atoms with van der Waals surface area (Å²) in [7, 11) is 1.74. The lowest BCUT2D eigenvalue weighted by molar-refractivity contribution is 0.0780. The Hall–Kier alpha value is -2.04. The molecule has 2 aromatic rings. The molecular weight excluding hydrogens is 218 g/mol. The van der Waals surface area contributed by atoms with Gasteiger partial charge in [0.2, 0.25) is 0 Å². The van der Waals surface area contributed by atoms with E-state index in [1.807, 2.05) is 6.92 Å². The monoisotopic (exact) mass is 233 g/mol. The largest absolute Gasteiger partial charge is 0.466 e. The number of rotatable bonds is 3. The maximum Gasteiger partial charge on any atom is 0.257 e. The van der Waals surface area contributed by atoms with Crippen LogP contribution in [0.1, 0.15) is 27.7 Å². The number of carbonyl (C=O) groups is 1. The summed E-state index contributed by atoms with van der Waals surface area (Å²) < 4.78 is 5.35. The minimum atomic E-state index is -0.0595. The third-order valence-corrected chi connectivity index (χ3v) is 2.56. The first-order valence-electron chi connectivity index (χ1n) is 5.38. The van der Waals surface area contributed by atoms with Crippen molar-refractivity contribution in [3.05, 3.63) is 41.4 Å². The molecule has 0 saturated heterocycles. The highest BCUT2D eigenvalue weighted by molar-refractivity contribution is 5.95. The van der Waals surface area contributed by atoms with E-state index in [1.54, 1.807) is 37.3 Å². The molecule has 0 spiro atoms. The number of carbonyl (C=O) groups excluding carboxylic acids is 1. The minimum Gasteiger partial charge on any atom is -0.466 e. The number of H-pyrrole nitrogens is 1. The lowest BCUT2D eigenvalue weighted by Crippen LogP contribution is -2.26. The lowest BCUT2D eigenvalue weighted by atomic mass is 10.2. The highest BCUT2D eigenvalue weighted by Crippen LogP contribution is 2.16. The van der Waals surface area contributed by atoms with Crippen LogP contribution in [0.25, 0.3) is 0 Å². The molecule has 0 saturated carbocycles. The van der Waals surface area contributed by atoms with Crippen molar-refractivity contribution in [2.24, 2.45) is 0 Å². The van der Waals surface area contributed by atoms with Crippen LogP contribution in [0.3, 0.4) is 0 Å². The molecule has 0 fully saturated rings. The molecule has 0 radical (unpaired) electrons. The molecule has 90 valence electrons. The standard InChI is InChI=1S/C12H15N3O2/c1-8-6-10(9(2)17-8)12(16)15(3)7-11-13-4-5-14-11/h4-6H,7H2,1-3H3,(H,13,14). The Bertz CT molecular complexity index is 514. The van der Waals surface area contributed by atoms with Crippen molar-refractivity contribution in [3.8, 4) is 0 Å². The number of aromatic amines is 1. The van der Waals surface area contributed by atoms with E-state index in [1.165, 1.54) is 0 Å². The molecule has 0 aliphatic rings. The number of nitrogens with one attached hydrogen (secondary N) is 1. The zero-order valence-corrected chi connectivity index (χ0v) is 10.2. The van der Waals surface area contributed by atoms with Crippen molar-refractivity contribution < 1.29 is 9.21 Å². The summed E-state index contributed by atoms with van der Waals surface area (Å²) in [5, 5.41) is 0. The van der Waals surface area contributed by atoms with Gasteiger partial charge in [-0.05, 0) is 19.9 Å². The molecule has 5 nitrogen and oxygen atoms in total. The predicted molar refractivity (Wildman–Crippen MR) is 62.6 cm³/mol.